The third kappa shape index (κ3) is 8.20. The van der Waals surface area contributed by atoms with Crippen LogP contribution in [0.2, 0.25) is 0 Å². The molecule has 39 heavy (non-hydrogen) atoms. The van der Waals surface area contributed by atoms with Gasteiger partial charge in [0.15, 0.2) is 17.6 Å². The largest absolute Gasteiger partial charge is 0.462 e. The van der Waals surface area contributed by atoms with Crippen LogP contribution in [0.5, 0.6) is 0 Å². The summed E-state index contributed by atoms with van der Waals surface area (Å²) in [4.78, 5) is 38.2. The molecule has 2 aromatic rings. The number of nitrogens with two attached hydrogens (primary N) is 1. The molecule has 1 fully saturated rings. The fraction of sp³-hybridized carbons (Fsp3) is 0.720. The molecule has 0 saturated heterocycles. The minimum absolute atomic E-state index is 0.266. The molecule has 3 N–H and O–H groups in total. The van der Waals surface area contributed by atoms with Gasteiger partial charge in [0.1, 0.15) is 23.7 Å². The van der Waals surface area contributed by atoms with Crippen LogP contribution in [0.3, 0.4) is 0 Å². The summed E-state index contributed by atoms with van der Waals surface area (Å²) in [5.41, 5.74) is 5.67. The van der Waals surface area contributed by atoms with Crippen LogP contribution in [0.1, 0.15) is 73.6 Å². The smallest absolute Gasteiger partial charge is 0.335 e. The summed E-state index contributed by atoms with van der Waals surface area (Å²) in [7, 11) is -3.95. The Bertz CT molecular complexity index is 1180. The molecule has 3 rings (SSSR count). The summed E-state index contributed by atoms with van der Waals surface area (Å²) < 4.78 is 38.7. The van der Waals surface area contributed by atoms with Crippen molar-refractivity contribution in [3.05, 3.63) is 12.7 Å². The number of fused-ring (bicyclic) bond motifs is 1. The molecule has 1 aliphatic carbocycles. The van der Waals surface area contributed by atoms with Gasteiger partial charge in [-0.25, -0.2) is 24.8 Å². The first-order chi connectivity index (χ1) is 18.3. The van der Waals surface area contributed by atoms with Crippen LogP contribution < -0.4 is 10.8 Å². The van der Waals surface area contributed by atoms with Crippen LogP contribution >= 0.6 is 7.52 Å². The number of rotatable bonds is 13. The molecule has 1 unspecified atom stereocenters. The highest BCUT2D eigenvalue weighted by Crippen LogP contribution is 2.49. The van der Waals surface area contributed by atoms with E-state index >= 15 is 0 Å². The zero-order valence-corrected chi connectivity index (χ0v) is 24.5. The van der Waals surface area contributed by atoms with Gasteiger partial charge < -0.3 is 29.0 Å². The van der Waals surface area contributed by atoms with Gasteiger partial charge in [-0.2, -0.15) is 0 Å². The summed E-state index contributed by atoms with van der Waals surface area (Å²) >= 11 is 0. The van der Waals surface area contributed by atoms with Gasteiger partial charge >= 0.3 is 11.9 Å². The van der Waals surface area contributed by atoms with Crippen molar-refractivity contribution in [1.29, 1.82) is 0 Å². The maximum absolute atomic E-state index is 14.3. The third-order valence-electron chi connectivity index (χ3n) is 6.25. The lowest BCUT2D eigenvalue weighted by atomic mass is 9.82. The molecule has 14 heteroatoms. The van der Waals surface area contributed by atoms with Crippen LogP contribution in [0.4, 0.5) is 5.82 Å². The number of nitrogen functional groups attached to an aromatic ring is 1. The number of hydrogen-bond acceptors (Lipinski definition) is 11. The van der Waals surface area contributed by atoms with E-state index in [1.54, 1.807) is 45.5 Å². The number of hydrogen-bond donors (Lipinski definition) is 2. The van der Waals surface area contributed by atoms with E-state index in [2.05, 4.69) is 20.0 Å². The van der Waals surface area contributed by atoms with Crippen molar-refractivity contribution in [2.24, 2.45) is 0 Å². The first-order valence-corrected chi connectivity index (χ1v) is 15.2. The summed E-state index contributed by atoms with van der Waals surface area (Å²) in [5, 5.41) is 3.01. The summed E-state index contributed by atoms with van der Waals surface area (Å²) in [6.45, 7) is 10.5. The van der Waals surface area contributed by atoms with Crippen LogP contribution in [0, 0.1) is 0 Å². The Kier molecular flexibility index (Phi) is 10.4. The van der Waals surface area contributed by atoms with E-state index in [0.29, 0.717) is 30.6 Å². The molecule has 2 aromatic heterocycles. The molecule has 0 bridgehead atoms. The third-order valence-corrected chi connectivity index (χ3v) is 8.16. The molecule has 3 atom stereocenters. The number of nitrogens with one attached hydrogen (secondary N) is 1. The van der Waals surface area contributed by atoms with Crippen molar-refractivity contribution in [1.82, 2.24) is 24.6 Å². The van der Waals surface area contributed by atoms with Crippen molar-refractivity contribution in [3.8, 4) is 0 Å². The highest BCUT2D eigenvalue weighted by molar-refractivity contribution is 7.56. The lowest BCUT2D eigenvalue weighted by Gasteiger charge is -2.39. The molecule has 218 valence electrons. The van der Waals surface area contributed by atoms with Gasteiger partial charge in [-0.1, -0.05) is 19.3 Å². The molecule has 2 heterocycles. The number of carbonyl (C=O) groups is 2. The van der Waals surface area contributed by atoms with E-state index in [1.165, 1.54) is 13.3 Å². The normalized spacial score (nSPS) is 18.6. The standard InChI is InChI=1S/C25H41N6O7P/c1-16(2)36-23(32)19(6)38-39(34,30-25(10-8-7-9-11-25)24(33)37-17(3)4)15-35-18(5)12-31-14-29-20-21(26)27-13-28-22(20)31/h13-14,16-19H,7-12,15H2,1-6H3,(H,30,34)(H2,26,27,28)/t18-,19+,39?/m1/s1. The van der Waals surface area contributed by atoms with E-state index in [4.69, 9.17) is 24.5 Å². The molecule has 0 spiro atoms. The quantitative estimate of drug-likeness (QED) is 0.266. The van der Waals surface area contributed by atoms with Crippen molar-refractivity contribution in [2.45, 2.75) is 110 Å². The topological polar surface area (TPSA) is 170 Å². The lowest BCUT2D eigenvalue weighted by Crippen LogP contribution is -2.54. The van der Waals surface area contributed by atoms with E-state index < -0.39 is 43.6 Å². The molecule has 0 amide bonds. The Morgan fingerprint density at radius 3 is 2.36 bits per heavy atom. The fourth-order valence-electron chi connectivity index (χ4n) is 4.47. The SMILES string of the molecule is CC(C)OC(=O)[C@H](C)OP(=O)(CO[C@H](C)Cn1cnc2c(N)ncnc21)NC1(C(=O)OC(C)C)CCCCC1. The van der Waals surface area contributed by atoms with Gasteiger partial charge in [-0.05, 0) is 54.4 Å². The van der Waals surface area contributed by atoms with Crippen molar-refractivity contribution >= 4 is 36.4 Å². The average molecular weight is 569 g/mol. The second-order valence-corrected chi connectivity index (χ2v) is 12.6. The van der Waals surface area contributed by atoms with Crippen LogP contribution in [0.25, 0.3) is 11.2 Å². The number of ether oxygens (including phenoxy) is 3. The maximum atomic E-state index is 14.3. The Labute approximate surface area is 229 Å². The molecule has 0 aliphatic heterocycles. The number of imidazole rings is 1. The Morgan fingerprint density at radius 1 is 1.05 bits per heavy atom. The van der Waals surface area contributed by atoms with E-state index in [1.807, 2.05) is 0 Å². The zero-order valence-electron chi connectivity index (χ0n) is 23.6. The van der Waals surface area contributed by atoms with E-state index in [9.17, 15) is 14.2 Å². The maximum Gasteiger partial charge on any atom is 0.335 e. The predicted molar refractivity (Wildman–Crippen MR) is 145 cm³/mol. The van der Waals surface area contributed by atoms with Crippen LogP contribution in [-0.4, -0.2) is 67.8 Å². The molecular weight excluding hydrogens is 527 g/mol. The summed E-state index contributed by atoms with van der Waals surface area (Å²) in [6, 6.07) is 0. The number of esters is 2. The van der Waals surface area contributed by atoms with E-state index in [0.717, 1.165) is 19.3 Å². The Balaban J connectivity index is 1.81. The Hall–Kier alpha value is -2.60. The summed E-state index contributed by atoms with van der Waals surface area (Å²) in [5.74, 6) is -0.888. The van der Waals surface area contributed by atoms with Crippen molar-refractivity contribution in [3.63, 3.8) is 0 Å². The second-order valence-electron chi connectivity index (χ2n) is 10.5. The number of nitrogens with zero attached hydrogens (tertiary/aromatic N) is 4. The van der Waals surface area contributed by atoms with Gasteiger partial charge in [0.25, 0.3) is 7.52 Å². The molecule has 1 saturated carbocycles. The zero-order chi connectivity index (χ0) is 28.8. The number of anilines is 1. The van der Waals surface area contributed by atoms with Gasteiger partial charge in [0.05, 0.1) is 31.2 Å². The van der Waals surface area contributed by atoms with Gasteiger partial charge in [0, 0.05) is 0 Å². The van der Waals surface area contributed by atoms with E-state index in [-0.39, 0.29) is 18.0 Å². The molecular formula is C25H41N6O7P. The average Bonchev–Trinajstić information content (AvgIpc) is 3.26. The second kappa shape index (κ2) is 13.2. The lowest BCUT2D eigenvalue weighted by molar-refractivity contribution is -0.156. The minimum Gasteiger partial charge on any atom is -0.462 e. The predicted octanol–water partition coefficient (Wildman–Crippen LogP) is 3.57. The first kappa shape index (κ1) is 30.9. The number of aromatic nitrogens is 4. The molecule has 0 radical (unpaired) electrons. The van der Waals surface area contributed by atoms with Gasteiger partial charge in [-0.15, -0.1) is 0 Å². The van der Waals surface area contributed by atoms with Gasteiger partial charge in [0.2, 0.25) is 0 Å². The first-order valence-electron chi connectivity index (χ1n) is 13.4. The highest BCUT2D eigenvalue weighted by Gasteiger charge is 2.47. The van der Waals surface area contributed by atoms with Gasteiger partial charge in [-0.3, -0.25) is 9.36 Å². The monoisotopic (exact) mass is 568 g/mol. The molecule has 0 aromatic carbocycles. The van der Waals surface area contributed by atoms with Crippen molar-refractivity contribution < 1.29 is 32.9 Å². The van der Waals surface area contributed by atoms with Crippen molar-refractivity contribution in [2.75, 3.05) is 12.1 Å². The highest BCUT2D eigenvalue weighted by atomic mass is 31.2. The molecule has 13 nitrogen and oxygen atoms in total. The van der Waals surface area contributed by atoms with Crippen LogP contribution in [0.15, 0.2) is 12.7 Å². The minimum atomic E-state index is -3.95. The summed E-state index contributed by atoms with van der Waals surface area (Å²) in [6.07, 6.45) is 3.47. The molecule has 1 aliphatic rings. The Morgan fingerprint density at radius 2 is 1.72 bits per heavy atom. The fourth-order valence-corrected chi connectivity index (χ4v) is 6.67. The van der Waals surface area contributed by atoms with Crippen LogP contribution in [-0.2, 0) is 39.4 Å². The number of carbonyl (C=O) groups excluding carboxylic acids is 2.